The molecule has 1 aromatic rings. The van der Waals surface area contributed by atoms with Gasteiger partial charge in [-0.15, -0.1) is 0 Å². The molecule has 0 radical (unpaired) electrons. The summed E-state index contributed by atoms with van der Waals surface area (Å²) >= 11 is 0. The van der Waals surface area contributed by atoms with Crippen molar-refractivity contribution in [1.82, 2.24) is 10.2 Å². The Hall–Kier alpha value is -2.41. The number of nitrogens with one attached hydrogen (secondary N) is 1. The van der Waals surface area contributed by atoms with Crippen molar-refractivity contribution in [2.45, 2.75) is 39.0 Å². The van der Waals surface area contributed by atoms with E-state index in [1.54, 1.807) is 11.8 Å². The molecule has 0 aromatic heterocycles. The van der Waals surface area contributed by atoms with Crippen LogP contribution in [0.15, 0.2) is 24.3 Å². The van der Waals surface area contributed by atoms with Gasteiger partial charge in [0.15, 0.2) is 0 Å². The molecular weight excluding hydrogens is 380 g/mol. The highest BCUT2D eigenvalue weighted by Crippen LogP contribution is 2.28. The first kappa shape index (κ1) is 20.8. The minimum atomic E-state index is -0.341. The number of hydrogen-bond acceptors (Lipinski definition) is 5. The van der Waals surface area contributed by atoms with Crippen molar-refractivity contribution in [1.29, 1.82) is 0 Å². The van der Waals surface area contributed by atoms with Gasteiger partial charge >= 0.3 is 6.03 Å². The molecule has 3 fully saturated rings. The molecule has 162 valence electrons. The number of urea groups is 1. The zero-order valence-electron chi connectivity index (χ0n) is 17.8. The van der Waals surface area contributed by atoms with Crippen LogP contribution in [0.1, 0.15) is 39.0 Å². The number of nitrogens with zero attached hydrogens (tertiary/aromatic N) is 3. The molecule has 30 heavy (non-hydrogen) atoms. The summed E-state index contributed by atoms with van der Waals surface area (Å²) in [4.78, 5) is 41.5. The molecule has 1 N–H and O–H groups in total. The molecule has 0 saturated carbocycles. The van der Waals surface area contributed by atoms with Crippen LogP contribution in [-0.2, 0) is 9.59 Å². The van der Waals surface area contributed by atoms with Crippen molar-refractivity contribution < 1.29 is 14.4 Å². The van der Waals surface area contributed by atoms with Crippen LogP contribution in [0.2, 0.25) is 0 Å². The van der Waals surface area contributed by atoms with Crippen molar-refractivity contribution in [3.8, 4) is 0 Å². The van der Waals surface area contributed by atoms with Crippen LogP contribution < -0.4 is 15.1 Å². The number of carbonyl (C=O) groups excluding carboxylic acids is 3. The lowest BCUT2D eigenvalue weighted by Gasteiger charge is -2.38. The molecule has 3 aliphatic heterocycles. The van der Waals surface area contributed by atoms with Gasteiger partial charge in [-0.1, -0.05) is 0 Å². The largest absolute Gasteiger partial charge is 0.372 e. The lowest BCUT2D eigenvalue weighted by molar-refractivity contribution is -0.122. The highest BCUT2D eigenvalue weighted by atomic mass is 16.2. The number of rotatable bonds is 5. The van der Waals surface area contributed by atoms with Crippen LogP contribution in [0.25, 0.3) is 0 Å². The zero-order valence-corrected chi connectivity index (χ0v) is 17.8. The maximum atomic E-state index is 12.0. The van der Waals surface area contributed by atoms with E-state index in [1.165, 1.54) is 18.5 Å². The van der Waals surface area contributed by atoms with Crippen molar-refractivity contribution in [2.24, 2.45) is 11.8 Å². The number of ketones is 1. The Morgan fingerprint density at radius 3 is 2.17 bits per heavy atom. The molecule has 0 unspecified atom stereocenters. The van der Waals surface area contributed by atoms with Gasteiger partial charge < -0.3 is 9.80 Å². The zero-order chi connectivity index (χ0) is 21.1. The van der Waals surface area contributed by atoms with E-state index >= 15 is 0 Å². The number of likely N-dealkylation sites (tertiary alicyclic amines) is 1. The minimum Gasteiger partial charge on any atom is -0.372 e. The highest BCUT2D eigenvalue weighted by Gasteiger charge is 2.27. The number of hydrogen-bond donors (Lipinski definition) is 1. The molecule has 7 nitrogen and oxygen atoms in total. The number of amides is 3. The van der Waals surface area contributed by atoms with Crippen LogP contribution in [-0.4, -0.2) is 61.9 Å². The summed E-state index contributed by atoms with van der Waals surface area (Å²) in [7, 11) is 0. The number of Topliss-reactive ketones (excluding diaryl/α,β-unsaturated/α-hetero) is 1. The number of anilines is 2. The Kier molecular flexibility index (Phi) is 6.37. The van der Waals surface area contributed by atoms with Gasteiger partial charge in [-0.25, -0.2) is 4.79 Å². The molecule has 3 aliphatic rings. The van der Waals surface area contributed by atoms with Crippen LogP contribution in [0.3, 0.4) is 0 Å². The van der Waals surface area contributed by atoms with E-state index in [1.807, 2.05) is 12.1 Å². The van der Waals surface area contributed by atoms with E-state index in [9.17, 15) is 14.4 Å². The number of imide groups is 1. The predicted octanol–water partition coefficient (Wildman–Crippen LogP) is 2.65. The second kappa shape index (κ2) is 9.16. The van der Waals surface area contributed by atoms with Crippen molar-refractivity contribution in [3.63, 3.8) is 0 Å². The van der Waals surface area contributed by atoms with Crippen molar-refractivity contribution in [3.05, 3.63) is 24.3 Å². The molecule has 3 saturated heterocycles. The molecule has 0 bridgehead atoms. The molecular formula is C23H32N4O3. The number of piperidine rings is 2. The summed E-state index contributed by atoms with van der Waals surface area (Å²) in [6, 6.07) is 7.75. The SMILES string of the molecule is CC(=O)C1CCN(CC2CCN(c3ccc(N4CCC(=O)NC4=O)cc3)CC2)CC1. The summed E-state index contributed by atoms with van der Waals surface area (Å²) in [5.74, 6) is 1.15. The normalized spacial score (nSPS) is 22.3. The fraction of sp³-hybridized carbons (Fsp3) is 0.609. The fourth-order valence-electron chi connectivity index (χ4n) is 4.91. The minimum absolute atomic E-state index is 0.209. The molecule has 4 rings (SSSR count). The van der Waals surface area contributed by atoms with E-state index in [4.69, 9.17) is 0 Å². The first-order chi connectivity index (χ1) is 14.5. The molecule has 3 amide bonds. The van der Waals surface area contributed by atoms with Crippen LogP contribution in [0, 0.1) is 11.8 Å². The van der Waals surface area contributed by atoms with Gasteiger partial charge in [-0.3, -0.25) is 19.8 Å². The smallest absolute Gasteiger partial charge is 0.328 e. The van der Waals surface area contributed by atoms with Crippen LogP contribution >= 0.6 is 0 Å². The summed E-state index contributed by atoms with van der Waals surface area (Å²) in [5, 5.41) is 2.37. The second-order valence-corrected chi connectivity index (χ2v) is 8.89. The summed E-state index contributed by atoms with van der Waals surface area (Å²) in [6.07, 6.45) is 4.75. The maximum absolute atomic E-state index is 12.0. The van der Waals surface area contributed by atoms with Crippen LogP contribution in [0.4, 0.5) is 16.2 Å². The Morgan fingerprint density at radius 2 is 1.57 bits per heavy atom. The van der Waals surface area contributed by atoms with Gasteiger partial charge in [0.25, 0.3) is 0 Å². The Morgan fingerprint density at radius 1 is 0.933 bits per heavy atom. The Balaban J connectivity index is 1.25. The Labute approximate surface area is 178 Å². The van der Waals surface area contributed by atoms with Gasteiger partial charge in [0.2, 0.25) is 5.91 Å². The van der Waals surface area contributed by atoms with E-state index in [-0.39, 0.29) is 17.9 Å². The van der Waals surface area contributed by atoms with Gasteiger partial charge in [-0.2, -0.15) is 0 Å². The first-order valence-corrected chi connectivity index (χ1v) is 11.2. The van der Waals surface area contributed by atoms with Crippen molar-refractivity contribution in [2.75, 3.05) is 49.1 Å². The predicted molar refractivity (Wildman–Crippen MR) is 117 cm³/mol. The lowest BCUT2D eigenvalue weighted by atomic mass is 9.91. The summed E-state index contributed by atoms with van der Waals surface area (Å²) in [5.41, 5.74) is 2.01. The average molecular weight is 413 g/mol. The molecule has 0 aliphatic carbocycles. The van der Waals surface area contributed by atoms with Crippen molar-refractivity contribution >= 4 is 29.1 Å². The van der Waals surface area contributed by atoms with E-state index in [2.05, 4.69) is 27.2 Å². The second-order valence-electron chi connectivity index (χ2n) is 8.89. The van der Waals surface area contributed by atoms with Gasteiger partial charge in [0.1, 0.15) is 5.78 Å². The summed E-state index contributed by atoms with van der Waals surface area (Å²) in [6.45, 7) is 7.52. The van der Waals surface area contributed by atoms with Gasteiger partial charge in [0, 0.05) is 49.9 Å². The maximum Gasteiger partial charge on any atom is 0.328 e. The Bertz CT molecular complexity index is 778. The molecule has 0 spiro atoms. The molecule has 7 heteroatoms. The summed E-state index contributed by atoms with van der Waals surface area (Å²) < 4.78 is 0. The molecule has 3 heterocycles. The van der Waals surface area contributed by atoms with E-state index in [0.717, 1.165) is 57.2 Å². The number of carbonyl (C=O) groups is 3. The average Bonchev–Trinajstić information content (AvgIpc) is 2.75. The quantitative estimate of drug-likeness (QED) is 0.805. The van der Waals surface area contributed by atoms with E-state index in [0.29, 0.717) is 18.7 Å². The third-order valence-electron chi connectivity index (χ3n) is 6.87. The highest BCUT2D eigenvalue weighted by molar-refractivity contribution is 6.05. The number of benzene rings is 1. The fourth-order valence-corrected chi connectivity index (χ4v) is 4.91. The van der Waals surface area contributed by atoms with E-state index < -0.39 is 0 Å². The topological polar surface area (TPSA) is 73.0 Å². The van der Waals surface area contributed by atoms with Crippen LogP contribution in [0.5, 0.6) is 0 Å². The first-order valence-electron chi connectivity index (χ1n) is 11.2. The third kappa shape index (κ3) is 4.83. The van der Waals surface area contributed by atoms with Gasteiger partial charge in [-0.05, 0) is 75.9 Å². The molecule has 0 atom stereocenters. The molecule has 1 aromatic carbocycles. The van der Waals surface area contributed by atoms with Gasteiger partial charge in [0.05, 0.1) is 0 Å². The standard InChI is InChI=1S/C23H32N4O3/c1-17(28)19-8-11-25(12-9-19)16-18-6-13-26(14-7-18)20-2-4-21(5-3-20)27-15-10-22(29)24-23(27)30/h2-5,18-19H,6-16H2,1H3,(H,24,29,30). The third-order valence-corrected chi connectivity index (χ3v) is 6.87. The lowest BCUT2D eigenvalue weighted by Crippen LogP contribution is -2.49. The monoisotopic (exact) mass is 412 g/mol.